The van der Waals surface area contributed by atoms with Gasteiger partial charge >= 0.3 is 0 Å². The number of nitrogens with one attached hydrogen (secondary N) is 1. The highest BCUT2D eigenvalue weighted by Crippen LogP contribution is 2.28. The molecule has 0 spiro atoms. The molecule has 0 amide bonds. The fraction of sp³-hybridized carbons (Fsp3) is 0. The minimum Gasteiger partial charge on any atom is -0.457 e. The number of non-ortho nitro benzene ring substituents is 1. The van der Waals surface area contributed by atoms with Crippen molar-refractivity contribution < 1.29 is 9.66 Å². The van der Waals surface area contributed by atoms with Gasteiger partial charge in [-0.25, -0.2) is 4.98 Å². The van der Waals surface area contributed by atoms with E-state index in [-0.39, 0.29) is 5.69 Å². The van der Waals surface area contributed by atoms with Crippen LogP contribution >= 0.6 is 11.3 Å². The van der Waals surface area contributed by atoms with Crippen LogP contribution in [0.1, 0.15) is 5.56 Å². The van der Waals surface area contributed by atoms with E-state index in [2.05, 4.69) is 15.5 Å². The molecule has 0 aliphatic heterocycles. The van der Waals surface area contributed by atoms with Gasteiger partial charge in [-0.3, -0.25) is 15.5 Å². The summed E-state index contributed by atoms with van der Waals surface area (Å²) >= 11 is 1.44. The third-order valence-corrected chi connectivity index (χ3v) is 4.86. The first kappa shape index (κ1) is 19.3. The monoisotopic (exact) mass is 416 g/mol. The maximum absolute atomic E-state index is 10.7. The quantitative estimate of drug-likeness (QED) is 0.228. The molecule has 0 aliphatic carbocycles. The van der Waals surface area contributed by atoms with E-state index in [1.807, 2.05) is 60.0 Å². The number of nitro benzene ring substituents is 1. The van der Waals surface area contributed by atoms with E-state index in [1.165, 1.54) is 23.5 Å². The Morgan fingerprint density at radius 1 is 0.967 bits per heavy atom. The lowest BCUT2D eigenvalue weighted by molar-refractivity contribution is -0.384. The molecule has 0 aliphatic rings. The standard InChI is InChI=1S/C22H16N4O3S/c27-26(28)18-10-6-16(7-11-18)14-23-25-22-24-21(15-30-22)17-8-12-20(13-9-17)29-19-4-2-1-3-5-19/h1-15H,(H,24,25). The van der Waals surface area contributed by atoms with Gasteiger partial charge in [0.1, 0.15) is 11.5 Å². The average Bonchev–Trinajstić information content (AvgIpc) is 3.24. The molecule has 0 saturated heterocycles. The lowest BCUT2D eigenvalue weighted by Gasteiger charge is -2.05. The maximum atomic E-state index is 10.7. The summed E-state index contributed by atoms with van der Waals surface area (Å²) in [5, 5.41) is 17.4. The molecule has 148 valence electrons. The van der Waals surface area contributed by atoms with E-state index in [4.69, 9.17) is 4.74 Å². The number of rotatable bonds is 7. The highest BCUT2D eigenvalue weighted by Gasteiger charge is 2.05. The molecule has 7 nitrogen and oxygen atoms in total. The van der Waals surface area contributed by atoms with Crippen LogP contribution in [0.3, 0.4) is 0 Å². The van der Waals surface area contributed by atoms with Gasteiger partial charge in [-0.05, 0) is 54.1 Å². The lowest BCUT2D eigenvalue weighted by Crippen LogP contribution is -1.91. The van der Waals surface area contributed by atoms with Gasteiger partial charge in [0, 0.05) is 23.1 Å². The zero-order valence-electron chi connectivity index (χ0n) is 15.6. The Hall–Kier alpha value is -4.04. The Kier molecular flexibility index (Phi) is 5.77. The van der Waals surface area contributed by atoms with Gasteiger partial charge in [0.25, 0.3) is 5.69 Å². The van der Waals surface area contributed by atoms with E-state index in [1.54, 1.807) is 18.3 Å². The Labute approximate surface area is 176 Å². The second-order valence-corrected chi connectivity index (χ2v) is 7.05. The summed E-state index contributed by atoms with van der Waals surface area (Å²) in [6.45, 7) is 0. The summed E-state index contributed by atoms with van der Waals surface area (Å²) in [6, 6.07) is 23.5. The van der Waals surface area contributed by atoms with Crippen molar-refractivity contribution in [3.8, 4) is 22.8 Å². The molecule has 0 bridgehead atoms. The number of anilines is 1. The summed E-state index contributed by atoms with van der Waals surface area (Å²) in [5.74, 6) is 1.54. The second-order valence-electron chi connectivity index (χ2n) is 6.20. The molecule has 0 saturated carbocycles. The number of benzene rings is 3. The topological polar surface area (TPSA) is 89.7 Å². The molecule has 4 rings (SSSR count). The molecule has 3 aromatic carbocycles. The van der Waals surface area contributed by atoms with Crippen molar-refractivity contribution in [1.29, 1.82) is 0 Å². The van der Waals surface area contributed by atoms with E-state index < -0.39 is 4.92 Å². The van der Waals surface area contributed by atoms with Gasteiger partial charge < -0.3 is 4.74 Å². The Morgan fingerprint density at radius 2 is 1.67 bits per heavy atom. The predicted molar refractivity (Wildman–Crippen MR) is 118 cm³/mol. The molecule has 8 heteroatoms. The van der Waals surface area contributed by atoms with Gasteiger partial charge in [-0.1, -0.05) is 18.2 Å². The number of hydrazone groups is 1. The Bertz CT molecular complexity index is 1160. The zero-order chi connectivity index (χ0) is 20.8. The highest BCUT2D eigenvalue weighted by atomic mass is 32.1. The molecule has 1 aromatic heterocycles. The summed E-state index contributed by atoms with van der Waals surface area (Å²) in [6.07, 6.45) is 1.58. The SMILES string of the molecule is O=[N+]([O-])c1ccc(C=NNc2nc(-c3ccc(Oc4ccccc4)cc3)cs2)cc1. The average molecular weight is 416 g/mol. The van der Waals surface area contributed by atoms with Gasteiger partial charge in [-0.2, -0.15) is 5.10 Å². The fourth-order valence-electron chi connectivity index (χ4n) is 2.62. The first-order valence-corrected chi connectivity index (χ1v) is 9.88. The van der Waals surface area contributed by atoms with E-state index in [0.29, 0.717) is 5.13 Å². The van der Waals surface area contributed by atoms with Crippen LogP contribution in [0.25, 0.3) is 11.3 Å². The van der Waals surface area contributed by atoms with Crippen molar-refractivity contribution in [3.63, 3.8) is 0 Å². The van der Waals surface area contributed by atoms with Crippen molar-refractivity contribution in [2.24, 2.45) is 5.10 Å². The summed E-state index contributed by atoms with van der Waals surface area (Å²) in [7, 11) is 0. The normalized spacial score (nSPS) is 10.8. The van der Waals surface area contributed by atoms with Crippen molar-refractivity contribution in [1.82, 2.24) is 4.98 Å². The van der Waals surface area contributed by atoms with Gasteiger partial charge in [0.2, 0.25) is 5.13 Å². The van der Waals surface area contributed by atoms with E-state index >= 15 is 0 Å². The summed E-state index contributed by atoms with van der Waals surface area (Å²) in [5.41, 5.74) is 5.48. The fourth-order valence-corrected chi connectivity index (χ4v) is 3.29. The molecule has 0 radical (unpaired) electrons. The maximum Gasteiger partial charge on any atom is 0.269 e. The number of hydrogen-bond acceptors (Lipinski definition) is 7. The van der Waals surface area contributed by atoms with E-state index in [9.17, 15) is 10.1 Å². The van der Waals surface area contributed by atoms with Crippen LogP contribution < -0.4 is 10.2 Å². The molecule has 0 fully saturated rings. The van der Waals surface area contributed by atoms with Crippen LogP contribution in [0, 0.1) is 10.1 Å². The Morgan fingerprint density at radius 3 is 2.37 bits per heavy atom. The smallest absolute Gasteiger partial charge is 0.269 e. The first-order chi connectivity index (χ1) is 14.7. The van der Waals surface area contributed by atoms with Crippen LogP contribution in [0.15, 0.2) is 89.3 Å². The number of nitro groups is 1. The molecular weight excluding hydrogens is 400 g/mol. The first-order valence-electron chi connectivity index (χ1n) is 9.00. The van der Waals surface area contributed by atoms with Crippen molar-refractivity contribution in [2.45, 2.75) is 0 Å². The number of aromatic nitrogens is 1. The van der Waals surface area contributed by atoms with Gasteiger partial charge in [-0.15, -0.1) is 11.3 Å². The summed E-state index contributed by atoms with van der Waals surface area (Å²) in [4.78, 5) is 14.8. The predicted octanol–water partition coefficient (Wildman–Crippen LogP) is 5.96. The third-order valence-electron chi connectivity index (χ3n) is 4.11. The van der Waals surface area contributed by atoms with Gasteiger partial charge in [0.15, 0.2) is 0 Å². The minimum absolute atomic E-state index is 0.0462. The van der Waals surface area contributed by atoms with Crippen LogP contribution in [-0.4, -0.2) is 16.1 Å². The molecule has 4 aromatic rings. The van der Waals surface area contributed by atoms with Crippen molar-refractivity contribution in [2.75, 3.05) is 5.43 Å². The molecule has 30 heavy (non-hydrogen) atoms. The van der Waals surface area contributed by atoms with E-state index in [0.717, 1.165) is 28.3 Å². The molecule has 1 heterocycles. The Balaban J connectivity index is 1.37. The van der Waals surface area contributed by atoms with Crippen molar-refractivity contribution >= 4 is 28.4 Å². The number of para-hydroxylation sites is 1. The number of ether oxygens (including phenoxy) is 1. The molecule has 1 N–H and O–H groups in total. The number of nitrogens with zero attached hydrogens (tertiary/aromatic N) is 3. The van der Waals surface area contributed by atoms with Crippen LogP contribution in [0.5, 0.6) is 11.5 Å². The van der Waals surface area contributed by atoms with Crippen LogP contribution in [0.4, 0.5) is 10.8 Å². The molecule has 0 atom stereocenters. The second kappa shape index (κ2) is 8.97. The summed E-state index contributed by atoms with van der Waals surface area (Å²) < 4.78 is 5.80. The van der Waals surface area contributed by atoms with Crippen LogP contribution in [0.2, 0.25) is 0 Å². The number of hydrogen-bond donors (Lipinski definition) is 1. The van der Waals surface area contributed by atoms with Crippen LogP contribution in [-0.2, 0) is 0 Å². The molecule has 0 unspecified atom stereocenters. The highest BCUT2D eigenvalue weighted by molar-refractivity contribution is 7.14. The van der Waals surface area contributed by atoms with Gasteiger partial charge in [0.05, 0.1) is 16.8 Å². The zero-order valence-corrected chi connectivity index (χ0v) is 16.5. The minimum atomic E-state index is -0.434. The number of thiazole rings is 1. The van der Waals surface area contributed by atoms with Crippen molar-refractivity contribution in [3.05, 3.63) is 99.9 Å². The lowest BCUT2D eigenvalue weighted by atomic mass is 10.2. The third kappa shape index (κ3) is 4.86. The largest absolute Gasteiger partial charge is 0.457 e. The molecular formula is C22H16N4O3S.